The number of hydrogen-bond donors (Lipinski definition) is 2. The summed E-state index contributed by atoms with van der Waals surface area (Å²) in [4.78, 5) is 18.1. The average molecular weight is 207 g/mol. The lowest BCUT2D eigenvalue weighted by atomic mass is 10.2. The van der Waals surface area contributed by atoms with E-state index < -0.39 is 11.8 Å². The normalized spacial score (nSPS) is 10.5. The van der Waals surface area contributed by atoms with E-state index in [9.17, 15) is 9.18 Å². The number of nitrogen functional groups attached to an aromatic ring is 1. The standard InChI is InChI=1S/C9H6FN3O2/c10-4-1-2-5-6(3-4)12-9(11)13-7(5)8(14)15/h1-3H,(H,14,15)(H2,11,12,13). The third-order valence-electron chi connectivity index (χ3n) is 1.88. The van der Waals surface area contributed by atoms with Gasteiger partial charge >= 0.3 is 5.97 Å². The molecular weight excluding hydrogens is 201 g/mol. The Morgan fingerprint density at radius 2 is 2.13 bits per heavy atom. The van der Waals surface area contributed by atoms with E-state index >= 15 is 0 Å². The third-order valence-corrected chi connectivity index (χ3v) is 1.88. The first kappa shape index (κ1) is 9.32. The van der Waals surface area contributed by atoms with Crippen molar-refractivity contribution in [2.75, 3.05) is 5.73 Å². The van der Waals surface area contributed by atoms with Crippen LogP contribution in [-0.2, 0) is 0 Å². The number of anilines is 1. The minimum absolute atomic E-state index is 0.180. The van der Waals surface area contributed by atoms with E-state index in [2.05, 4.69) is 9.97 Å². The Morgan fingerprint density at radius 1 is 1.40 bits per heavy atom. The van der Waals surface area contributed by atoms with Gasteiger partial charge in [0.25, 0.3) is 0 Å². The number of carboxylic acid groups (broad SMARTS) is 1. The molecule has 0 saturated carbocycles. The Bertz CT molecular complexity index is 551. The average Bonchev–Trinajstić information content (AvgIpc) is 2.15. The van der Waals surface area contributed by atoms with Crippen LogP contribution in [0.3, 0.4) is 0 Å². The van der Waals surface area contributed by atoms with Crippen LogP contribution in [0.15, 0.2) is 18.2 Å². The molecule has 76 valence electrons. The maximum Gasteiger partial charge on any atom is 0.355 e. The molecule has 0 bridgehead atoms. The molecule has 2 rings (SSSR count). The Labute approximate surface area is 83.4 Å². The summed E-state index contributed by atoms with van der Waals surface area (Å²) in [6, 6.07) is 3.57. The van der Waals surface area contributed by atoms with Crippen LogP contribution in [0.2, 0.25) is 0 Å². The summed E-state index contributed by atoms with van der Waals surface area (Å²) in [6.07, 6.45) is 0. The molecule has 0 spiro atoms. The van der Waals surface area contributed by atoms with Gasteiger partial charge in [-0.15, -0.1) is 0 Å². The van der Waals surface area contributed by atoms with Gasteiger partial charge in [0.2, 0.25) is 5.95 Å². The van der Waals surface area contributed by atoms with Crippen LogP contribution in [0.1, 0.15) is 10.5 Å². The molecule has 5 nitrogen and oxygen atoms in total. The van der Waals surface area contributed by atoms with Gasteiger partial charge in [-0.3, -0.25) is 0 Å². The Balaban J connectivity index is 2.86. The van der Waals surface area contributed by atoms with E-state index in [1.807, 2.05) is 0 Å². The van der Waals surface area contributed by atoms with E-state index in [0.717, 1.165) is 12.1 Å². The molecule has 1 heterocycles. The number of rotatable bonds is 1. The number of nitrogens with zero attached hydrogens (tertiary/aromatic N) is 2. The first-order valence-electron chi connectivity index (χ1n) is 4.04. The summed E-state index contributed by atoms with van der Waals surface area (Å²) in [7, 11) is 0. The molecule has 0 fully saturated rings. The van der Waals surface area contributed by atoms with Crippen molar-refractivity contribution in [2.24, 2.45) is 0 Å². The monoisotopic (exact) mass is 207 g/mol. The van der Waals surface area contributed by atoms with Gasteiger partial charge in [-0.2, -0.15) is 0 Å². The molecule has 0 aliphatic rings. The second-order valence-electron chi connectivity index (χ2n) is 2.90. The fourth-order valence-electron chi connectivity index (χ4n) is 1.28. The number of carbonyl (C=O) groups is 1. The van der Waals surface area contributed by atoms with Crippen LogP contribution in [0.4, 0.5) is 10.3 Å². The summed E-state index contributed by atoms with van der Waals surface area (Å²) in [5.74, 6) is -1.91. The van der Waals surface area contributed by atoms with Gasteiger partial charge in [-0.25, -0.2) is 19.2 Å². The molecular formula is C9H6FN3O2. The number of halogens is 1. The molecule has 0 aliphatic carbocycles. The molecule has 1 aromatic heterocycles. The van der Waals surface area contributed by atoms with Crippen LogP contribution in [0.25, 0.3) is 10.9 Å². The molecule has 0 saturated heterocycles. The van der Waals surface area contributed by atoms with Gasteiger partial charge in [0.05, 0.1) is 5.52 Å². The molecule has 1 aromatic carbocycles. The maximum absolute atomic E-state index is 12.9. The molecule has 6 heteroatoms. The Morgan fingerprint density at radius 3 is 2.80 bits per heavy atom. The molecule has 2 aromatic rings. The minimum Gasteiger partial charge on any atom is -0.476 e. The number of aromatic carboxylic acids is 1. The van der Waals surface area contributed by atoms with Crippen molar-refractivity contribution in [1.82, 2.24) is 9.97 Å². The van der Waals surface area contributed by atoms with E-state index in [-0.39, 0.29) is 22.5 Å². The zero-order valence-electron chi connectivity index (χ0n) is 7.44. The van der Waals surface area contributed by atoms with Crippen LogP contribution in [0, 0.1) is 5.82 Å². The van der Waals surface area contributed by atoms with Gasteiger partial charge < -0.3 is 10.8 Å². The fraction of sp³-hybridized carbons (Fsp3) is 0. The summed E-state index contributed by atoms with van der Waals surface area (Å²) in [5.41, 5.74) is 5.26. The number of nitrogens with two attached hydrogens (primary N) is 1. The highest BCUT2D eigenvalue weighted by atomic mass is 19.1. The van der Waals surface area contributed by atoms with Crippen molar-refractivity contribution in [1.29, 1.82) is 0 Å². The van der Waals surface area contributed by atoms with E-state index in [0.29, 0.717) is 0 Å². The van der Waals surface area contributed by atoms with Crippen molar-refractivity contribution in [2.45, 2.75) is 0 Å². The van der Waals surface area contributed by atoms with Gasteiger partial charge in [-0.1, -0.05) is 0 Å². The number of carboxylic acids is 1. The molecule has 3 N–H and O–H groups in total. The SMILES string of the molecule is Nc1nc(C(=O)O)c2ccc(F)cc2n1. The van der Waals surface area contributed by atoms with Crippen molar-refractivity contribution in [3.8, 4) is 0 Å². The predicted molar refractivity (Wildman–Crippen MR) is 50.9 cm³/mol. The van der Waals surface area contributed by atoms with Crippen LogP contribution in [0.5, 0.6) is 0 Å². The first-order chi connectivity index (χ1) is 7.08. The van der Waals surface area contributed by atoms with Crippen molar-refractivity contribution >= 4 is 22.8 Å². The highest BCUT2D eigenvalue weighted by Crippen LogP contribution is 2.17. The molecule has 15 heavy (non-hydrogen) atoms. The number of fused-ring (bicyclic) bond motifs is 1. The predicted octanol–water partition coefficient (Wildman–Crippen LogP) is 1.05. The summed E-state index contributed by atoms with van der Waals surface area (Å²) >= 11 is 0. The van der Waals surface area contributed by atoms with Gasteiger partial charge in [0, 0.05) is 11.5 Å². The lowest BCUT2D eigenvalue weighted by Gasteiger charge is -2.02. The Kier molecular flexibility index (Phi) is 1.96. The van der Waals surface area contributed by atoms with Crippen LogP contribution < -0.4 is 5.73 Å². The smallest absolute Gasteiger partial charge is 0.355 e. The zero-order chi connectivity index (χ0) is 11.0. The van der Waals surface area contributed by atoms with Crippen LogP contribution >= 0.6 is 0 Å². The number of hydrogen-bond acceptors (Lipinski definition) is 4. The fourth-order valence-corrected chi connectivity index (χ4v) is 1.28. The number of benzene rings is 1. The first-order valence-corrected chi connectivity index (χ1v) is 4.04. The topological polar surface area (TPSA) is 89.1 Å². The lowest BCUT2D eigenvalue weighted by molar-refractivity contribution is 0.0693. The molecule has 0 atom stereocenters. The van der Waals surface area contributed by atoms with E-state index in [4.69, 9.17) is 10.8 Å². The molecule has 0 aliphatic heterocycles. The second kappa shape index (κ2) is 3.16. The quantitative estimate of drug-likeness (QED) is 0.729. The molecule has 0 radical (unpaired) electrons. The molecule has 0 amide bonds. The van der Waals surface area contributed by atoms with Gasteiger partial charge in [0.1, 0.15) is 5.82 Å². The van der Waals surface area contributed by atoms with E-state index in [1.54, 1.807) is 0 Å². The third kappa shape index (κ3) is 1.56. The highest BCUT2D eigenvalue weighted by molar-refractivity contribution is 6.00. The van der Waals surface area contributed by atoms with Crippen molar-refractivity contribution in [3.05, 3.63) is 29.7 Å². The maximum atomic E-state index is 12.9. The lowest BCUT2D eigenvalue weighted by Crippen LogP contribution is -2.06. The number of aromatic nitrogens is 2. The van der Waals surface area contributed by atoms with Crippen molar-refractivity contribution < 1.29 is 14.3 Å². The van der Waals surface area contributed by atoms with Gasteiger partial charge in [0.15, 0.2) is 5.69 Å². The summed E-state index contributed by atoms with van der Waals surface area (Å²) in [5, 5.41) is 9.10. The Hall–Kier alpha value is -2.24. The summed E-state index contributed by atoms with van der Waals surface area (Å²) < 4.78 is 12.9. The zero-order valence-corrected chi connectivity index (χ0v) is 7.44. The highest BCUT2D eigenvalue weighted by Gasteiger charge is 2.12. The van der Waals surface area contributed by atoms with Gasteiger partial charge in [-0.05, 0) is 12.1 Å². The minimum atomic E-state index is -1.22. The molecule has 0 unspecified atom stereocenters. The second-order valence-corrected chi connectivity index (χ2v) is 2.90. The van der Waals surface area contributed by atoms with E-state index in [1.165, 1.54) is 6.07 Å². The summed E-state index contributed by atoms with van der Waals surface area (Å²) in [6.45, 7) is 0. The van der Waals surface area contributed by atoms with Crippen molar-refractivity contribution in [3.63, 3.8) is 0 Å². The van der Waals surface area contributed by atoms with Crippen LogP contribution in [-0.4, -0.2) is 21.0 Å². The largest absolute Gasteiger partial charge is 0.476 e.